The highest BCUT2D eigenvalue weighted by Crippen LogP contribution is 2.50. The molecule has 9 heteroatoms. The van der Waals surface area contributed by atoms with Gasteiger partial charge in [-0.25, -0.2) is 9.18 Å². The number of alkyl carbamates (subject to hydrolysis) is 1. The second-order valence-electron chi connectivity index (χ2n) is 9.95. The fourth-order valence-electron chi connectivity index (χ4n) is 5.30. The van der Waals surface area contributed by atoms with Crippen molar-refractivity contribution in [2.24, 2.45) is 17.9 Å². The number of carbonyl (C=O) groups excluding carboxylic acids is 3. The molecule has 3 rings (SSSR count). The Balaban J connectivity index is 1.73. The van der Waals surface area contributed by atoms with Crippen molar-refractivity contribution < 1.29 is 28.6 Å². The van der Waals surface area contributed by atoms with Crippen molar-refractivity contribution >= 4 is 17.7 Å². The van der Waals surface area contributed by atoms with Gasteiger partial charge in [0, 0.05) is 25.1 Å². The number of aryl methyl sites for hydroxylation is 1. The summed E-state index contributed by atoms with van der Waals surface area (Å²) in [7, 11) is 2.96. The van der Waals surface area contributed by atoms with E-state index in [0.29, 0.717) is 12.1 Å². The number of halogens is 1. The van der Waals surface area contributed by atoms with Crippen molar-refractivity contribution in [2.75, 3.05) is 7.11 Å². The van der Waals surface area contributed by atoms with Crippen LogP contribution in [0.15, 0.2) is 12.3 Å². The first-order chi connectivity index (χ1) is 15.1. The average Bonchev–Trinajstić information content (AvgIpc) is 3.33. The zero-order chi connectivity index (χ0) is 23.5. The molecule has 0 aromatic carbocycles. The van der Waals surface area contributed by atoms with Crippen LogP contribution in [0.1, 0.15) is 64.0 Å². The first-order valence-electron chi connectivity index (χ1n) is 11.3. The lowest BCUT2D eigenvalue weighted by atomic mass is 9.59. The van der Waals surface area contributed by atoms with E-state index in [1.807, 2.05) is 0 Å². The molecule has 32 heavy (non-hydrogen) atoms. The van der Waals surface area contributed by atoms with Crippen LogP contribution in [-0.2, 0) is 27.8 Å². The summed E-state index contributed by atoms with van der Waals surface area (Å²) in [6.45, 7) is 2.10. The molecule has 8 nitrogen and oxygen atoms in total. The highest BCUT2D eigenvalue weighted by molar-refractivity contribution is 5.90. The summed E-state index contributed by atoms with van der Waals surface area (Å²) in [6, 6.07) is 0.874. The number of nitrogens with one attached hydrogen (secondary N) is 1. The normalized spacial score (nSPS) is 26.1. The summed E-state index contributed by atoms with van der Waals surface area (Å²) in [5.74, 6) is -0.788. The van der Waals surface area contributed by atoms with E-state index < -0.39 is 35.6 Å². The molecule has 0 spiro atoms. The molecule has 0 saturated heterocycles. The smallest absolute Gasteiger partial charge is 0.407 e. The van der Waals surface area contributed by atoms with Gasteiger partial charge in [-0.2, -0.15) is 5.10 Å². The Bertz CT molecular complexity index is 842. The standard InChI is InChI=1S/C23H34FN3O5/c1-22(7-4-5-8-22)13-17(25-21(31)32-3)19(29)14-23(11-15(24)12-23)20(30)18(28)10-16-6-9-27(2)26-16/h6,9,15,17,20,30H,4-5,7-8,10-14H2,1-3H3,(H,25,31)/t15?,17-,20?,23?/m0/s1. The maximum Gasteiger partial charge on any atom is 0.407 e. The Labute approximate surface area is 187 Å². The van der Waals surface area contributed by atoms with Crippen LogP contribution in [0.5, 0.6) is 0 Å². The Morgan fingerprint density at radius 1 is 1.31 bits per heavy atom. The topological polar surface area (TPSA) is 111 Å². The SMILES string of the molecule is COC(=O)N[C@@H](CC1(C)CCCC1)C(=O)CC1(C(O)C(=O)Cc2ccn(C)n2)CC(F)C1. The predicted octanol–water partition coefficient (Wildman–Crippen LogP) is 2.67. The number of Topliss-reactive ketones (excluding diaryl/α,β-unsaturated/α-hetero) is 2. The van der Waals surface area contributed by atoms with E-state index in [-0.39, 0.29) is 36.9 Å². The first kappa shape index (κ1) is 24.4. The molecule has 2 aliphatic rings. The van der Waals surface area contributed by atoms with Crippen molar-refractivity contribution in [3.8, 4) is 0 Å². The Hall–Kier alpha value is -2.29. The van der Waals surface area contributed by atoms with E-state index in [1.165, 1.54) is 7.11 Å². The van der Waals surface area contributed by atoms with Gasteiger partial charge in [-0.3, -0.25) is 14.3 Å². The van der Waals surface area contributed by atoms with Crippen LogP contribution >= 0.6 is 0 Å². The number of hydrogen-bond donors (Lipinski definition) is 2. The number of hydrogen-bond acceptors (Lipinski definition) is 6. The van der Waals surface area contributed by atoms with Crippen LogP contribution < -0.4 is 5.32 Å². The molecule has 2 saturated carbocycles. The molecule has 1 unspecified atom stereocenters. The molecule has 0 aliphatic heterocycles. The summed E-state index contributed by atoms with van der Waals surface area (Å²) < 4.78 is 20.2. The highest BCUT2D eigenvalue weighted by atomic mass is 19.1. The van der Waals surface area contributed by atoms with Crippen molar-refractivity contribution in [1.82, 2.24) is 15.1 Å². The van der Waals surface area contributed by atoms with Crippen LogP contribution in [0.3, 0.4) is 0 Å². The van der Waals surface area contributed by atoms with E-state index >= 15 is 0 Å². The van der Waals surface area contributed by atoms with Crippen LogP contribution in [0.4, 0.5) is 9.18 Å². The molecule has 2 N–H and O–H groups in total. The summed E-state index contributed by atoms with van der Waals surface area (Å²) in [5, 5.41) is 17.6. The molecule has 1 aromatic rings. The second-order valence-corrected chi connectivity index (χ2v) is 9.95. The molecule has 0 bridgehead atoms. The largest absolute Gasteiger partial charge is 0.453 e. The first-order valence-corrected chi connectivity index (χ1v) is 11.3. The van der Waals surface area contributed by atoms with Gasteiger partial charge in [0.2, 0.25) is 0 Å². The van der Waals surface area contributed by atoms with E-state index in [9.17, 15) is 23.9 Å². The van der Waals surface area contributed by atoms with Crippen LogP contribution in [0.25, 0.3) is 0 Å². The van der Waals surface area contributed by atoms with Crippen molar-refractivity contribution in [3.05, 3.63) is 18.0 Å². The number of nitrogens with zero attached hydrogens (tertiary/aromatic N) is 2. The van der Waals surface area contributed by atoms with Gasteiger partial charge in [-0.1, -0.05) is 19.8 Å². The van der Waals surface area contributed by atoms with E-state index in [0.717, 1.165) is 25.7 Å². The number of ketones is 2. The number of alkyl halides is 1. The zero-order valence-corrected chi connectivity index (χ0v) is 19.1. The third-order valence-corrected chi connectivity index (χ3v) is 7.17. The number of methoxy groups -OCH3 is 1. The average molecular weight is 452 g/mol. The van der Waals surface area contributed by atoms with Crippen LogP contribution in [-0.4, -0.2) is 58.0 Å². The molecule has 0 radical (unpaired) electrons. The van der Waals surface area contributed by atoms with Gasteiger partial charge >= 0.3 is 6.09 Å². The van der Waals surface area contributed by atoms with Crippen LogP contribution in [0, 0.1) is 10.8 Å². The highest BCUT2D eigenvalue weighted by Gasteiger charge is 2.54. The van der Waals surface area contributed by atoms with Gasteiger partial charge in [0.05, 0.1) is 25.3 Å². The number of ether oxygens (including phenoxy) is 1. The quantitative estimate of drug-likeness (QED) is 0.566. The van der Waals surface area contributed by atoms with Gasteiger partial charge in [0.15, 0.2) is 11.6 Å². The molecule has 1 aromatic heterocycles. The Morgan fingerprint density at radius 3 is 2.50 bits per heavy atom. The maximum absolute atomic E-state index is 13.9. The molecular formula is C23H34FN3O5. The molecule has 1 heterocycles. The number of aromatic nitrogens is 2. The third-order valence-electron chi connectivity index (χ3n) is 7.17. The number of rotatable bonds is 10. The molecule has 178 valence electrons. The lowest BCUT2D eigenvalue weighted by Gasteiger charge is -2.47. The fraction of sp³-hybridized carbons (Fsp3) is 0.739. The van der Waals surface area contributed by atoms with Crippen molar-refractivity contribution in [3.63, 3.8) is 0 Å². The van der Waals surface area contributed by atoms with Gasteiger partial charge in [0.1, 0.15) is 12.3 Å². The number of amides is 1. The van der Waals surface area contributed by atoms with Crippen LogP contribution in [0.2, 0.25) is 0 Å². The molecule has 2 atom stereocenters. The minimum atomic E-state index is -1.47. The van der Waals surface area contributed by atoms with Gasteiger partial charge in [-0.15, -0.1) is 0 Å². The zero-order valence-electron chi connectivity index (χ0n) is 19.1. The number of carbonyl (C=O) groups is 3. The molecule has 1 amide bonds. The monoisotopic (exact) mass is 451 g/mol. The van der Waals surface area contributed by atoms with Gasteiger partial charge in [0.25, 0.3) is 0 Å². The van der Waals surface area contributed by atoms with Gasteiger partial charge < -0.3 is 15.2 Å². The number of aliphatic hydroxyl groups is 1. The van der Waals surface area contributed by atoms with E-state index in [1.54, 1.807) is 24.0 Å². The summed E-state index contributed by atoms with van der Waals surface area (Å²) in [4.78, 5) is 37.9. The minimum Gasteiger partial charge on any atom is -0.453 e. The number of aliphatic hydroxyl groups excluding tert-OH is 1. The van der Waals surface area contributed by atoms with E-state index in [4.69, 9.17) is 4.74 Å². The summed E-state index contributed by atoms with van der Waals surface area (Å²) >= 11 is 0. The third kappa shape index (κ3) is 5.54. The van der Waals surface area contributed by atoms with Crippen molar-refractivity contribution in [2.45, 2.75) is 83.0 Å². The van der Waals surface area contributed by atoms with Gasteiger partial charge in [-0.05, 0) is 43.6 Å². The molecule has 2 aliphatic carbocycles. The maximum atomic E-state index is 13.9. The van der Waals surface area contributed by atoms with E-state index in [2.05, 4.69) is 17.3 Å². The molecular weight excluding hydrogens is 417 g/mol. The Morgan fingerprint density at radius 2 is 1.97 bits per heavy atom. The molecule has 2 fully saturated rings. The Kier molecular flexibility index (Phi) is 7.37. The fourth-order valence-corrected chi connectivity index (χ4v) is 5.30. The van der Waals surface area contributed by atoms with Crippen molar-refractivity contribution in [1.29, 1.82) is 0 Å². The summed E-state index contributed by atoms with van der Waals surface area (Å²) in [6.07, 6.45) is 2.49. The minimum absolute atomic E-state index is 0.0594. The lowest BCUT2D eigenvalue weighted by Crippen LogP contribution is -2.55. The second kappa shape index (κ2) is 9.68. The summed E-state index contributed by atoms with van der Waals surface area (Å²) in [5.41, 5.74) is -0.729. The lowest BCUT2D eigenvalue weighted by molar-refractivity contribution is -0.149. The predicted molar refractivity (Wildman–Crippen MR) is 115 cm³/mol.